The summed E-state index contributed by atoms with van der Waals surface area (Å²) in [4.78, 5) is 39.5. The van der Waals surface area contributed by atoms with Crippen LogP contribution in [0.3, 0.4) is 0 Å². The van der Waals surface area contributed by atoms with Gasteiger partial charge in [-0.1, -0.05) is 0 Å². The zero-order valence-corrected chi connectivity index (χ0v) is 20.1. The molecule has 3 heterocycles. The minimum Gasteiger partial charge on any atom is -0.386 e. The minimum absolute atomic E-state index is 0.00151. The van der Waals surface area contributed by atoms with Gasteiger partial charge in [-0.3, -0.25) is 9.59 Å². The third-order valence-electron chi connectivity index (χ3n) is 7.00. The first-order chi connectivity index (χ1) is 16.3. The van der Waals surface area contributed by atoms with Crippen LogP contribution < -0.4 is 10.5 Å². The summed E-state index contributed by atoms with van der Waals surface area (Å²) in [7, 11) is 0. The van der Waals surface area contributed by atoms with Crippen molar-refractivity contribution < 1.29 is 23.1 Å². The van der Waals surface area contributed by atoms with Crippen molar-refractivity contribution in [3.63, 3.8) is 0 Å². The number of pyridine rings is 1. The number of hydrogen-bond acceptors (Lipinski definition) is 6. The maximum atomic E-state index is 13.1. The summed E-state index contributed by atoms with van der Waals surface area (Å²) in [5.74, 6) is 0.0842. The Morgan fingerprint density at radius 1 is 1.11 bits per heavy atom. The number of rotatable bonds is 4. The molecule has 35 heavy (non-hydrogen) atoms. The van der Waals surface area contributed by atoms with Crippen molar-refractivity contribution >= 4 is 11.9 Å². The summed E-state index contributed by atoms with van der Waals surface area (Å²) < 4.78 is 39.2. The summed E-state index contributed by atoms with van der Waals surface area (Å²) in [6, 6.07) is 0.816. The Morgan fingerprint density at radius 2 is 1.69 bits per heavy atom. The Morgan fingerprint density at radius 3 is 2.20 bits per heavy atom. The molecule has 1 saturated heterocycles. The molecule has 2 aromatic rings. The van der Waals surface area contributed by atoms with E-state index in [2.05, 4.69) is 19.9 Å². The number of piperazine rings is 1. The molecule has 2 atom stereocenters. The first-order valence-corrected chi connectivity index (χ1v) is 11.7. The van der Waals surface area contributed by atoms with Gasteiger partial charge in [0, 0.05) is 55.2 Å². The summed E-state index contributed by atoms with van der Waals surface area (Å²) in [5.41, 5.74) is -2.39. The third kappa shape index (κ3) is 5.05. The highest BCUT2D eigenvalue weighted by Gasteiger charge is 2.42. The number of anilines is 1. The zero-order valence-electron chi connectivity index (χ0n) is 20.1. The van der Waals surface area contributed by atoms with Gasteiger partial charge in [-0.05, 0) is 58.1 Å². The summed E-state index contributed by atoms with van der Waals surface area (Å²) >= 11 is 0. The monoisotopic (exact) mass is 493 g/mol. The van der Waals surface area contributed by atoms with Gasteiger partial charge in [0.1, 0.15) is 5.56 Å². The molecule has 8 nitrogen and oxygen atoms in total. The topological polar surface area (TPSA) is 102 Å². The van der Waals surface area contributed by atoms with Crippen molar-refractivity contribution in [1.82, 2.24) is 19.9 Å². The van der Waals surface area contributed by atoms with Crippen LogP contribution in [0.1, 0.15) is 63.1 Å². The maximum Gasteiger partial charge on any atom is 0.421 e. The Kier molecular flexibility index (Phi) is 6.41. The van der Waals surface area contributed by atoms with Gasteiger partial charge >= 0.3 is 6.18 Å². The molecule has 0 unspecified atom stereocenters. The number of aromatic nitrogens is 3. The molecule has 2 aromatic heterocycles. The lowest BCUT2D eigenvalue weighted by molar-refractivity contribution is -0.141. The fourth-order valence-electron chi connectivity index (χ4n) is 4.96. The Balaban J connectivity index is 1.38. The van der Waals surface area contributed by atoms with Crippen LogP contribution in [0.2, 0.25) is 0 Å². The van der Waals surface area contributed by atoms with Crippen molar-refractivity contribution in [2.24, 2.45) is 5.92 Å². The van der Waals surface area contributed by atoms with Gasteiger partial charge in [-0.25, -0.2) is 9.97 Å². The van der Waals surface area contributed by atoms with E-state index >= 15 is 0 Å². The van der Waals surface area contributed by atoms with Crippen LogP contribution in [0.15, 0.2) is 29.5 Å². The third-order valence-corrected chi connectivity index (χ3v) is 7.00. The number of carbonyl (C=O) groups is 1. The van der Waals surface area contributed by atoms with Crippen molar-refractivity contribution in [2.75, 3.05) is 18.0 Å². The van der Waals surface area contributed by atoms with Crippen molar-refractivity contribution in [3.8, 4) is 0 Å². The lowest BCUT2D eigenvalue weighted by Crippen LogP contribution is -2.60. The van der Waals surface area contributed by atoms with Gasteiger partial charge in [0.15, 0.2) is 0 Å². The second kappa shape index (κ2) is 8.92. The highest BCUT2D eigenvalue weighted by molar-refractivity contribution is 5.80. The van der Waals surface area contributed by atoms with Crippen LogP contribution in [-0.4, -0.2) is 56.0 Å². The van der Waals surface area contributed by atoms with E-state index in [-0.39, 0.29) is 29.8 Å². The molecule has 0 radical (unpaired) electrons. The number of H-pyrrole nitrogens is 1. The molecule has 11 heteroatoms. The lowest BCUT2D eigenvalue weighted by Gasteiger charge is -2.47. The summed E-state index contributed by atoms with van der Waals surface area (Å²) in [5, 5.41) is 10.1. The van der Waals surface area contributed by atoms with E-state index in [1.165, 1.54) is 6.20 Å². The van der Waals surface area contributed by atoms with Gasteiger partial charge < -0.3 is 19.9 Å². The molecule has 0 aromatic carbocycles. The highest BCUT2D eigenvalue weighted by atomic mass is 19.4. The number of nitrogens with zero attached hydrogens (tertiary/aromatic N) is 4. The molecule has 4 rings (SSSR count). The minimum atomic E-state index is -4.72. The lowest BCUT2D eigenvalue weighted by atomic mass is 9.71. The number of nitrogens with one attached hydrogen (secondary N) is 1. The Bertz CT molecular complexity index is 1120. The number of amides is 1. The standard InChI is InChI=1S/C24H30F3N5O3/c1-13-11-31(12-14(2)32(13)22-29-9-18(10-30-22)23(3,4)35)21(34)16-5-15(6-16)17-7-19(24(25,26)27)20(33)28-8-17/h7-10,13-16,35H,5-6,11-12H2,1-4H3,(H,28,33)/t13-,14+,15?,16?. The summed E-state index contributed by atoms with van der Waals surface area (Å²) in [6.45, 7) is 8.28. The van der Waals surface area contributed by atoms with Crippen molar-refractivity contribution in [2.45, 2.75) is 70.3 Å². The number of aliphatic hydroxyl groups is 1. The molecule has 2 fully saturated rings. The van der Waals surface area contributed by atoms with E-state index in [4.69, 9.17) is 0 Å². The smallest absolute Gasteiger partial charge is 0.386 e. The molecular formula is C24H30F3N5O3. The Labute approximate surface area is 201 Å². The van der Waals surface area contributed by atoms with Crippen LogP contribution in [0.25, 0.3) is 0 Å². The predicted octanol–water partition coefficient (Wildman–Crippen LogP) is 3.03. The SMILES string of the molecule is C[C@@H]1CN(C(=O)C2CC(c3c[nH]c(=O)c(C(F)(F)F)c3)C2)C[C@H](C)N1c1ncc(C(C)(C)O)cn1. The molecular weight excluding hydrogens is 463 g/mol. The Hall–Kier alpha value is -2.95. The fourth-order valence-corrected chi connectivity index (χ4v) is 4.96. The van der Waals surface area contributed by atoms with Gasteiger partial charge in [0.2, 0.25) is 11.9 Å². The van der Waals surface area contributed by atoms with Gasteiger partial charge in [-0.2, -0.15) is 13.2 Å². The molecule has 190 valence electrons. The van der Waals surface area contributed by atoms with Crippen LogP contribution in [-0.2, 0) is 16.6 Å². The number of alkyl halides is 3. The maximum absolute atomic E-state index is 13.1. The molecule has 1 amide bonds. The quantitative estimate of drug-likeness (QED) is 0.679. The van der Waals surface area contributed by atoms with Crippen LogP contribution in [0.5, 0.6) is 0 Å². The van der Waals surface area contributed by atoms with Crippen LogP contribution >= 0.6 is 0 Å². The second-order valence-corrected chi connectivity index (χ2v) is 10.2. The van der Waals surface area contributed by atoms with E-state index in [0.29, 0.717) is 43.0 Å². The normalized spacial score (nSPS) is 25.4. The number of aromatic amines is 1. The van der Waals surface area contributed by atoms with E-state index in [0.717, 1.165) is 6.07 Å². The average molecular weight is 494 g/mol. The predicted molar refractivity (Wildman–Crippen MR) is 123 cm³/mol. The largest absolute Gasteiger partial charge is 0.421 e. The van der Waals surface area contributed by atoms with Crippen molar-refractivity contribution in [1.29, 1.82) is 0 Å². The second-order valence-electron chi connectivity index (χ2n) is 10.2. The first-order valence-electron chi connectivity index (χ1n) is 11.7. The number of halogens is 3. The molecule has 0 spiro atoms. The van der Waals surface area contributed by atoms with Gasteiger partial charge in [0.25, 0.3) is 5.56 Å². The van der Waals surface area contributed by atoms with Crippen molar-refractivity contribution in [3.05, 3.63) is 51.7 Å². The zero-order chi connectivity index (χ0) is 25.7. The van der Waals surface area contributed by atoms with Crippen LogP contribution in [0, 0.1) is 5.92 Å². The molecule has 1 aliphatic heterocycles. The van der Waals surface area contributed by atoms with E-state index < -0.39 is 22.9 Å². The highest BCUT2D eigenvalue weighted by Crippen LogP contribution is 2.43. The molecule has 2 N–H and O–H groups in total. The van der Waals surface area contributed by atoms with E-state index in [1.54, 1.807) is 26.2 Å². The summed E-state index contributed by atoms with van der Waals surface area (Å²) in [6.07, 6.45) is 0.713. The molecule has 1 saturated carbocycles. The van der Waals surface area contributed by atoms with E-state index in [1.807, 2.05) is 18.7 Å². The molecule has 0 bridgehead atoms. The molecule has 1 aliphatic carbocycles. The average Bonchev–Trinajstić information content (AvgIpc) is 2.72. The fraction of sp³-hybridized carbons (Fsp3) is 0.583. The van der Waals surface area contributed by atoms with Crippen LogP contribution in [0.4, 0.5) is 19.1 Å². The van der Waals surface area contributed by atoms with Gasteiger partial charge in [0.05, 0.1) is 5.60 Å². The molecule has 2 aliphatic rings. The first kappa shape index (κ1) is 25.2. The van der Waals surface area contributed by atoms with Gasteiger partial charge in [-0.15, -0.1) is 0 Å². The number of carbonyl (C=O) groups excluding carboxylic acids is 1. The van der Waals surface area contributed by atoms with E-state index in [9.17, 15) is 27.9 Å². The number of hydrogen-bond donors (Lipinski definition) is 2.